The van der Waals surface area contributed by atoms with Crippen molar-refractivity contribution in [2.45, 2.75) is 94.9 Å². The van der Waals surface area contributed by atoms with Gasteiger partial charge in [-0.25, -0.2) is 13.1 Å². The molecule has 9 nitrogen and oxygen atoms in total. The molecule has 0 saturated heterocycles. The van der Waals surface area contributed by atoms with Gasteiger partial charge in [0.1, 0.15) is 0 Å². The molecular weight excluding hydrogens is 585 g/mol. The smallest absolute Gasteiger partial charge is 0.417 e. The second-order valence-corrected chi connectivity index (χ2v) is 14.0. The standard InChI is InChI=1S/C27H34ClF3N4O5S/c1-26(2,3)34-41(39,40)20-10-9-16(13-19(20)27(29,30)31)23-21(28)22(24(36)32-18-11-17(12-18)25(37)38)33-35(23)14-15-7-5-4-6-8-15/h9-10,13,15,17-18,34H,4-8,11-12,14H2,1-3H3,(H,32,36)(H,37,38)/t17-,18-. The van der Waals surface area contributed by atoms with Crippen molar-refractivity contribution < 1.29 is 36.3 Å². The summed E-state index contributed by atoms with van der Waals surface area (Å²) in [5, 5.41) is 16.1. The largest absolute Gasteiger partial charge is 0.481 e. The maximum Gasteiger partial charge on any atom is 0.417 e. The minimum Gasteiger partial charge on any atom is -0.481 e. The number of hydrogen-bond donors (Lipinski definition) is 3. The molecule has 0 radical (unpaired) electrons. The van der Waals surface area contributed by atoms with Crippen LogP contribution in [0.1, 0.15) is 81.8 Å². The van der Waals surface area contributed by atoms with Crippen LogP contribution in [-0.4, -0.2) is 46.8 Å². The molecule has 1 heterocycles. The fourth-order valence-electron chi connectivity index (χ4n) is 5.39. The first-order valence-electron chi connectivity index (χ1n) is 13.5. The van der Waals surface area contributed by atoms with Crippen LogP contribution in [0.5, 0.6) is 0 Å². The zero-order valence-electron chi connectivity index (χ0n) is 23.0. The van der Waals surface area contributed by atoms with Crippen LogP contribution in [0, 0.1) is 11.8 Å². The van der Waals surface area contributed by atoms with E-state index in [1.165, 1.54) is 31.5 Å². The fraction of sp³-hybridized carbons (Fsp3) is 0.593. The molecule has 1 amide bonds. The van der Waals surface area contributed by atoms with E-state index in [9.17, 15) is 31.2 Å². The number of hydrogen-bond acceptors (Lipinski definition) is 5. The number of halogens is 4. The third-order valence-corrected chi connectivity index (χ3v) is 9.55. The number of sulfonamides is 1. The van der Waals surface area contributed by atoms with Gasteiger partial charge in [0.2, 0.25) is 10.0 Å². The van der Waals surface area contributed by atoms with Crippen LogP contribution >= 0.6 is 11.6 Å². The number of carbonyl (C=O) groups excluding carboxylic acids is 1. The van der Waals surface area contributed by atoms with Crippen molar-refractivity contribution in [3.63, 3.8) is 0 Å². The summed E-state index contributed by atoms with van der Waals surface area (Å²) < 4.78 is 72.2. The molecule has 0 spiro atoms. The Hall–Kier alpha value is -2.64. The molecule has 0 aliphatic heterocycles. The van der Waals surface area contributed by atoms with Crippen molar-refractivity contribution in [3.8, 4) is 11.3 Å². The van der Waals surface area contributed by atoms with Crippen LogP contribution in [0.3, 0.4) is 0 Å². The lowest BCUT2D eigenvalue weighted by Gasteiger charge is -2.32. The van der Waals surface area contributed by atoms with E-state index in [0.717, 1.165) is 44.2 Å². The Morgan fingerprint density at radius 3 is 2.32 bits per heavy atom. The molecule has 14 heteroatoms. The molecule has 1 aromatic carbocycles. The topological polar surface area (TPSA) is 130 Å². The fourth-order valence-corrected chi connectivity index (χ4v) is 7.35. The van der Waals surface area contributed by atoms with E-state index in [0.29, 0.717) is 6.54 Å². The predicted molar refractivity (Wildman–Crippen MR) is 146 cm³/mol. The number of alkyl halides is 3. The van der Waals surface area contributed by atoms with Crippen molar-refractivity contribution >= 4 is 33.5 Å². The van der Waals surface area contributed by atoms with Gasteiger partial charge in [0.05, 0.1) is 27.1 Å². The summed E-state index contributed by atoms with van der Waals surface area (Å²) in [7, 11) is -4.53. The number of carboxylic acids is 1. The van der Waals surface area contributed by atoms with Crippen molar-refractivity contribution in [1.82, 2.24) is 19.8 Å². The van der Waals surface area contributed by atoms with Gasteiger partial charge in [-0.2, -0.15) is 18.3 Å². The van der Waals surface area contributed by atoms with E-state index in [4.69, 9.17) is 16.7 Å². The Kier molecular flexibility index (Phi) is 8.83. The summed E-state index contributed by atoms with van der Waals surface area (Å²) in [4.78, 5) is 23.3. The molecule has 2 aliphatic carbocycles. The van der Waals surface area contributed by atoms with E-state index in [1.807, 2.05) is 0 Å². The van der Waals surface area contributed by atoms with Crippen LogP contribution in [-0.2, 0) is 27.5 Å². The van der Waals surface area contributed by atoms with Crippen LogP contribution in [0.2, 0.25) is 5.02 Å². The van der Waals surface area contributed by atoms with Gasteiger partial charge in [-0.1, -0.05) is 36.9 Å². The summed E-state index contributed by atoms with van der Waals surface area (Å²) in [6.07, 6.45) is 0.359. The Labute approximate surface area is 241 Å². The van der Waals surface area contributed by atoms with Crippen molar-refractivity contribution in [2.75, 3.05) is 0 Å². The molecule has 4 rings (SSSR count). The molecule has 41 heavy (non-hydrogen) atoms. The Morgan fingerprint density at radius 2 is 1.76 bits per heavy atom. The summed E-state index contributed by atoms with van der Waals surface area (Å²) in [5.74, 6) is -1.98. The van der Waals surface area contributed by atoms with Gasteiger partial charge in [0.15, 0.2) is 5.69 Å². The number of benzene rings is 1. The quantitative estimate of drug-likeness (QED) is 0.360. The van der Waals surface area contributed by atoms with Gasteiger partial charge in [-0.3, -0.25) is 14.3 Å². The zero-order valence-corrected chi connectivity index (χ0v) is 24.6. The molecule has 2 fully saturated rings. The lowest BCUT2D eigenvalue weighted by molar-refractivity contribution is -0.145. The van der Waals surface area contributed by atoms with Gasteiger partial charge in [-0.15, -0.1) is 0 Å². The maximum absolute atomic E-state index is 14.2. The number of carboxylic acid groups (broad SMARTS) is 1. The number of carbonyl (C=O) groups is 2. The van der Waals surface area contributed by atoms with Gasteiger partial charge in [0.25, 0.3) is 5.91 Å². The highest BCUT2D eigenvalue weighted by atomic mass is 35.5. The molecule has 1 aromatic heterocycles. The number of nitrogens with zero attached hydrogens (tertiary/aromatic N) is 2. The first-order valence-corrected chi connectivity index (χ1v) is 15.4. The molecule has 2 aromatic rings. The third-order valence-electron chi connectivity index (χ3n) is 7.38. The first kappa shape index (κ1) is 31.3. The van der Waals surface area contributed by atoms with E-state index in [-0.39, 0.29) is 46.8 Å². The van der Waals surface area contributed by atoms with Crippen molar-refractivity contribution in [2.24, 2.45) is 11.8 Å². The molecule has 2 aliphatic rings. The summed E-state index contributed by atoms with van der Waals surface area (Å²) in [6.45, 7) is 4.88. The second-order valence-electron chi connectivity index (χ2n) is 11.9. The molecular formula is C27H34ClF3N4O5S. The number of aliphatic carboxylic acids is 1. The van der Waals surface area contributed by atoms with Crippen molar-refractivity contribution in [1.29, 1.82) is 0 Å². The number of amides is 1. The van der Waals surface area contributed by atoms with Crippen LogP contribution in [0.25, 0.3) is 11.3 Å². The monoisotopic (exact) mass is 618 g/mol. The molecule has 226 valence electrons. The van der Waals surface area contributed by atoms with E-state index in [2.05, 4.69) is 15.1 Å². The van der Waals surface area contributed by atoms with E-state index >= 15 is 0 Å². The van der Waals surface area contributed by atoms with Gasteiger partial charge in [-0.05, 0) is 64.5 Å². The highest BCUT2D eigenvalue weighted by molar-refractivity contribution is 7.89. The molecule has 0 atom stereocenters. The predicted octanol–water partition coefficient (Wildman–Crippen LogP) is 5.47. The van der Waals surface area contributed by atoms with E-state index < -0.39 is 50.0 Å². The second kappa shape index (κ2) is 11.6. The summed E-state index contributed by atoms with van der Waals surface area (Å²) >= 11 is 6.63. The number of rotatable bonds is 8. The first-order chi connectivity index (χ1) is 19.0. The van der Waals surface area contributed by atoms with Gasteiger partial charge in [0, 0.05) is 23.7 Å². The normalized spacial score (nSPS) is 20.5. The van der Waals surface area contributed by atoms with Gasteiger partial charge < -0.3 is 10.4 Å². The molecule has 2 saturated carbocycles. The minimum absolute atomic E-state index is 0.0334. The summed E-state index contributed by atoms with van der Waals surface area (Å²) in [5.41, 5.74) is -2.52. The van der Waals surface area contributed by atoms with Gasteiger partial charge >= 0.3 is 12.1 Å². The Bertz CT molecular complexity index is 1420. The Morgan fingerprint density at radius 1 is 1.12 bits per heavy atom. The Balaban J connectivity index is 1.76. The van der Waals surface area contributed by atoms with Crippen LogP contribution < -0.4 is 10.0 Å². The van der Waals surface area contributed by atoms with Crippen LogP contribution in [0.4, 0.5) is 13.2 Å². The van der Waals surface area contributed by atoms with Crippen LogP contribution in [0.15, 0.2) is 23.1 Å². The number of nitrogens with one attached hydrogen (secondary N) is 2. The molecule has 0 bridgehead atoms. The highest BCUT2D eigenvalue weighted by Crippen LogP contribution is 2.40. The lowest BCUT2D eigenvalue weighted by atomic mass is 9.80. The van der Waals surface area contributed by atoms with Crippen molar-refractivity contribution in [3.05, 3.63) is 34.5 Å². The minimum atomic E-state index is -5.01. The zero-order chi connectivity index (χ0) is 30.3. The number of aromatic nitrogens is 2. The SMILES string of the molecule is CC(C)(C)NS(=O)(=O)c1ccc(-c2c(Cl)c(C(=O)N[C@H]3C[C@H](C(=O)O)C3)nn2CC2CCCCC2)cc1C(F)(F)F. The lowest BCUT2D eigenvalue weighted by Crippen LogP contribution is -2.46. The molecule has 3 N–H and O–H groups in total. The highest BCUT2D eigenvalue weighted by Gasteiger charge is 2.40. The van der Waals surface area contributed by atoms with E-state index in [1.54, 1.807) is 0 Å². The average Bonchev–Trinajstić information content (AvgIpc) is 3.14. The summed E-state index contributed by atoms with van der Waals surface area (Å²) in [6, 6.07) is 2.46. The third kappa shape index (κ3) is 7.23. The maximum atomic E-state index is 14.2. The molecule has 0 unspecified atom stereocenters. The average molecular weight is 619 g/mol.